The third-order valence-corrected chi connectivity index (χ3v) is 3.70. The monoisotopic (exact) mass is 273 g/mol. The molecule has 18 heavy (non-hydrogen) atoms. The summed E-state index contributed by atoms with van der Waals surface area (Å²) in [5.41, 5.74) is 6.41. The molecule has 1 aliphatic carbocycles. The van der Waals surface area contributed by atoms with Crippen LogP contribution in [0.2, 0.25) is 5.02 Å². The highest BCUT2D eigenvalue weighted by molar-refractivity contribution is 6.33. The molecular weight excluding hydrogens is 260 g/mol. The fourth-order valence-corrected chi connectivity index (χ4v) is 2.40. The molecule has 1 fully saturated rings. The van der Waals surface area contributed by atoms with Gasteiger partial charge in [-0.05, 0) is 31.0 Å². The number of nitrogens with two attached hydrogens (primary N) is 1. The molecule has 1 aromatic carbocycles. The van der Waals surface area contributed by atoms with Crippen LogP contribution in [0.4, 0.5) is 14.5 Å². The van der Waals surface area contributed by atoms with E-state index in [2.05, 4.69) is 0 Å². The van der Waals surface area contributed by atoms with E-state index in [9.17, 15) is 13.6 Å². The van der Waals surface area contributed by atoms with Gasteiger partial charge in [-0.3, -0.25) is 4.79 Å². The number of hydrogen-bond donors (Lipinski definition) is 1. The molecule has 0 aliphatic heterocycles. The van der Waals surface area contributed by atoms with Crippen LogP contribution in [0.25, 0.3) is 0 Å². The normalized spacial score (nSPS) is 19.7. The molecule has 0 saturated heterocycles. The second-order valence-corrected chi connectivity index (χ2v) is 5.14. The van der Waals surface area contributed by atoms with Crippen molar-refractivity contribution in [2.24, 2.45) is 5.92 Å². The van der Waals surface area contributed by atoms with Crippen molar-refractivity contribution >= 4 is 23.1 Å². The number of hydrogen-bond acceptors (Lipinski definition) is 2. The van der Waals surface area contributed by atoms with Crippen LogP contribution in [0.3, 0.4) is 0 Å². The first-order valence-electron chi connectivity index (χ1n) is 5.86. The zero-order valence-corrected chi connectivity index (χ0v) is 10.5. The fourth-order valence-electron chi connectivity index (χ4n) is 2.22. The molecule has 98 valence electrons. The van der Waals surface area contributed by atoms with Gasteiger partial charge >= 0.3 is 0 Å². The molecule has 2 N–H and O–H groups in total. The van der Waals surface area contributed by atoms with Crippen molar-refractivity contribution in [1.82, 2.24) is 0 Å². The molecule has 0 heterocycles. The summed E-state index contributed by atoms with van der Waals surface area (Å²) < 4.78 is 26.0. The van der Waals surface area contributed by atoms with E-state index in [1.165, 1.54) is 6.07 Å². The second kappa shape index (κ2) is 4.84. The van der Waals surface area contributed by atoms with Crippen LogP contribution in [0, 0.1) is 5.92 Å². The van der Waals surface area contributed by atoms with Gasteiger partial charge in [0, 0.05) is 24.3 Å². The van der Waals surface area contributed by atoms with Gasteiger partial charge in [-0.1, -0.05) is 11.6 Å². The largest absolute Gasteiger partial charge is 0.398 e. The summed E-state index contributed by atoms with van der Waals surface area (Å²) in [7, 11) is 0. The van der Waals surface area contributed by atoms with Gasteiger partial charge in [0.05, 0.1) is 10.7 Å². The predicted molar refractivity (Wildman–Crippen MR) is 67.1 cm³/mol. The molecular formula is C13H14ClF2NO. The van der Waals surface area contributed by atoms with Crippen molar-refractivity contribution < 1.29 is 13.6 Å². The van der Waals surface area contributed by atoms with E-state index in [1.54, 1.807) is 12.1 Å². The maximum absolute atomic E-state index is 13.0. The molecule has 2 rings (SSSR count). The van der Waals surface area contributed by atoms with E-state index in [1.807, 2.05) is 0 Å². The standard InChI is InChI=1S/C13H14ClF2NO/c14-10-7-9(1-2-11(10)17)12(18)8-3-5-13(15,16)6-4-8/h1-2,7-8H,3-6,17H2. The van der Waals surface area contributed by atoms with Crippen molar-refractivity contribution in [1.29, 1.82) is 0 Å². The summed E-state index contributed by atoms with van der Waals surface area (Å²) in [6, 6.07) is 4.66. The third-order valence-electron chi connectivity index (χ3n) is 3.37. The Labute approximate surface area is 109 Å². The Morgan fingerprint density at radius 2 is 1.94 bits per heavy atom. The lowest BCUT2D eigenvalue weighted by Gasteiger charge is -2.27. The number of carbonyl (C=O) groups is 1. The quantitative estimate of drug-likeness (QED) is 0.655. The zero-order chi connectivity index (χ0) is 13.3. The molecule has 0 radical (unpaired) electrons. The molecule has 0 aromatic heterocycles. The number of halogens is 3. The van der Waals surface area contributed by atoms with E-state index < -0.39 is 5.92 Å². The molecule has 1 aliphatic rings. The number of nitrogen functional groups attached to an aromatic ring is 1. The first kappa shape index (κ1) is 13.3. The minimum Gasteiger partial charge on any atom is -0.398 e. The Hall–Kier alpha value is -1.16. The van der Waals surface area contributed by atoms with E-state index in [-0.39, 0.29) is 37.4 Å². The van der Waals surface area contributed by atoms with Gasteiger partial charge < -0.3 is 5.73 Å². The highest BCUT2D eigenvalue weighted by Crippen LogP contribution is 2.37. The highest BCUT2D eigenvalue weighted by atomic mass is 35.5. The molecule has 1 saturated carbocycles. The Balaban J connectivity index is 2.10. The van der Waals surface area contributed by atoms with Crippen LogP contribution >= 0.6 is 11.6 Å². The Kier molecular flexibility index (Phi) is 3.57. The summed E-state index contributed by atoms with van der Waals surface area (Å²) in [5.74, 6) is -3.06. The average molecular weight is 274 g/mol. The van der Waals surface area contributed by atoms with Crippen molar-refractivity contribution in [2.45, 2.75) is 31.6 Å². The topological polar surface area (TPSA) is 43.1 Å². The van der Waals surface area contributed by atoms with E-state index in [4.69, 9.17) is 17.3 Å². The van der Waals surface area contributed by atoms with Gasteiger partial charge in [0.2, 0.25) is 5.92 Å². The number of benzene rings is 1. The van der Waals surface area contributed by atoms with Gasteiger partial charge in [-0.2, -0.15) is 0 Å². The lowest BCUT2D eigenvalue weighted by Crippen LogP contribution is -2.28. The molecule has 0 atom stereocenters. The van der Waals surface area contributed by atoms with E-state index in [0.29, 0.717) is 16.3 Å². The van der Waals surface area contributed by atoms with Crippen LogP contribution in [0.5, 0.6) is 0 Å². The van der Waals surface area contributed by atoms with Crippen LogP contribution < -0.4 is 5.73 Å². The number of anilines is 1. The SMILES string of the molecule is Nc1ccc(C(=O)C2CCC(F)(F)CC2)cc1Cl. The number of rotatable bonds is 2. The Morgan fingerprint density at radius 1 is 1.33 bits per heavy atom. The summed E-state index contributed by atoms with van der Waals surface area (Å²) >= 11 is 5.84. The average Bonchev–Trinajstić information content (AvgIpc) is 2.32. The van der Waals surface area contributed by atoms with Crippen LogP contribution in [-0.4, -0.2) is 11.7 Å². The zero-order valence-electron chi connectivity index (χ0n) is 9.76. The first-order chi connectivity index (χ1) is 8.39. The first-order valence-corrected chi connectivity index (χ1v) is 6.24. The molecule has 0 unspecified atom stereocenters. The molecule has 5 heteroatoms. The third kappa shape index (κ3) is 2.80. The van der Waals surface area contributed by atoms with E-state index >= 15 is 0 Å². The molecule has 0 bridgehead atoms. The minimum atomic E-state index is -2.62. The van der Waals surface area contributed by atoms with Gasteiger partial charge in [-0.15, -0.1) is 0 Å². The lowest BCUT2D eigenvalue weighted by molar-refractivity contribution is -0.0424. The van der Waals surface area contributed by atoms with Gasteiger partial charge in [0.1, 0.15) is 0 Å². The number of Topliss-reactive ketones (excluding diaryl/α,β-unsaturated/α-hetero) is 1. The predicted octanol–water partition coefficient (Wildman–Crippen LogP) is 3.93. The van der Waals surface area contributed by atoms with Crippen LogP contribution in [0.1, 0.15) is 36.0 Å². The summed E-state index contributed by atoms with van der Waals surface area (Å²) in [6.45, 7) is 0. The molecule has 0 spiro atoms. The summed E-state index contributed by atoms with van der Waals surface area (Å²) in [4.78, 5) is 12.1. The smallest absolute Gasteiger partial charge is 0.248 e. The second-order valence-electron chi connectivity index (χ2n) is 4.73. The molecule has 0 amide bonds. The highest BCUT2D eigenvalue weighted by Gasteiger charge is 2.37. The fraction of sp³-hybridized carbons (Fsp3) is 0.462. The lowest BCUT2D eigenvalue weighted by atomic mass is 9.82. The minimum absolute atomic E-state index is 0.118. The van der Waals surface area contributed by atoms with Crippen molar-refractivity contribution in [2.75, 3.05) is 5.73 Å². The van der Waals surface area contributed by atoms with E-state index in [0.717, 1.165) is 0 Å². The maximum atomic E-state index is 13.0. The Bertz CT molecular complexity index is 466. The Morgan fingerprint density at radius 3 is 2.50 bits per heavy atom. The molecule has 2 nitrogen and oxygen atoms in total. The maximum Gasteiger partial charge on any atom is 0.248 e. The van der Waals surface area contributed by atoms with Crippen LogP contribution in [0.15, 0.2) is 18.2 Å². The van der Waals surface area contributed by atoms with Gasteiger partial charge in [0.25, 0.3) is 0 Å². The summed E-state index contributed by atoms with van der Waals surface area (Å²) in [6.07, 6.45) is 0.0277. The van der Waals surface area contributed by atoms with Crippen molar-refractivity contribution in [3.05, 3.63) is 28.8 Å². The van der Waals surface area contributed by atoms with Crippen molar-refractivity contribution in [3.63, 3.8) is 0 Å². The number of alkyl halides is 2. The van der Waals surface area contributed by atoms with Crippen molar-refractivity contribution in [3.8, 4) is 0 Å². The number of ketones is 1. The van der Waals surface area contributed by atoms with Gasteiger partial charge in [-0.25, -0.2) is 8.78 Å². The number of carbonyl (C=O) groups excluding carboxylic acids is 1. The van der Waals surface area contributed by atoms with Gasteiger partial charge in [0.15, 0.2) is 5.78 Å². The van der Waals surface area contributed by atoms with Crippen LogP contribution in [-0.2, 0) is 0 Å². The molecule has 1 aromatic rings. The summed E-state index contributed by atoms with van der Waals surface area (Å²) in [5, 5.41) is 0.321.